The van der Waals surface area contributed by atoms with Crippen LogP contribution in [0.15, 0.2) is 53.3 Å². The fourth-order valence-electron chi connectivity index (χ4n) is 4.57. The molecule has 2 aliphatic heterocycles. The number of rotatable bonds is 0. The molecular weight excluding hydrogens is 326 g/mol. The highest BCUT2D eigenvalue weighted by atomic mass is 16.2. The van der Waals surface area contributed by atoms with Crippen LogP contribution in [0.2, 0.25) is 0 Å². The van der Waals surface area contributed by atoms with E-state index in [4.69, 9.17) is 4.98 Å². The molecule has 26 heavy (non-hydrogen) atoms. The molecular formula is C21H19N3O2. The minimum Gasteiger partial charge on any atom is -0.324 e. The lowest BCUT2D eigenvalue weighted by molar-refractivity contribution is -0.143. The second-order valence-corrected chi connectivity index (χ2v) is 7.27. The molecule has 1 aromatic heterocycles. The van der Waals surface area contributed by atoms with Crippen LogP contribution in [0.1, 0.15) is 36.8 Å². The normalized spacial score (nSPS) is 24.2. The van der Waals surface area contributed by atoms with Crippen molar-refractivity contribution in [3.8, 4) is 0 Å². The van der Waals surface area contributed by atoms with Crippen molar-refractivity contribution in [2.75, 3.05) is 6.54 Å². The molecule has 3 heterocycles. The summed E-state index contributed by atoms with van der Waals surface area (Å²) >= 11 is 0. The first-order chi connectivity index (χ1) is 12.5. The number of nitrogens with zero attached hydrogens (tertiary/aromatic N) is 3. The Balaban J connectivity index is 1.94. The minimum absolute atomic E-state index is 0.0197. The van der Waals surface area contributed by atoms with Crippen LogP contribution < -0.4 is 5.56 Å². The third kappa shape index (κ3) is 1.72. The van der Waals surface area contributed by atoms with E-state index in [2.05, 4.69) is 12.1 Å². The number of hydrogen-bond acceptors (Lipinski definition) is 3. The number of carbonyl (C=O) groups excluding carboxylic acids is 1. The molecule has 0 spiro atoms. The molecule has 0 saturated heterocycles. The molecule has 0 saturated carbocycles. The summed E-state index contributed by atoms with van der Waals surface area (Å²) in [5.74, 6) is 0.633. The van der Waals surface area contributed by atoms with Gasteiger partial charge in [-0.2, -0.15) is 0 Å². The maximum Gasteiger partial charge on any atom is 0.262 e. The summed E-state index contributed by atoms with van der Waals surface area (Å²) in [5.41, 5.74) is 2.07. The molecule has 0 N–H and O–H groups in total. The van der Waals surface area contributed by atoms with Gasteiger partial charge in [-0.3, -0.25) is 14.2 Å². The predicted octanol–water partition coefficient (Wildman–Crippen LogP) is 2.62. The molecule has 5 rings (SSSR count). The molecule has 0 unspecified atom stereocenters. The van der Waals surface area contributed by atoms with Gasteiger partial charge in [-0.1, -0.05) is 36.4 Å². The zero-order chi connectivity index (χ0) is 18.1. The Labute approximate surface area is 150 Å². The van der Waals surface area contributed by atoms with Gasteiger partial charge in [0.05, 0.1) is 10.9 Å². The molecule has 3 aromatic rings. The first-order valence-corrected chi connectivity index (χ1v) is 8.95. The van der Waals surface area contributed by atoms with E-state index in [1.165, 1.54) is 5.56 Å². The molecule has 2 aliphatic rings. The van der Waals surface area contributed by atoms with Crippen LogP contribution in [0.5, 0.6) is 0 Å². The first-order valence-electron chi connectivity index (χ1n) is 8.95. The van der Waals surface area contributed by atoms with Gasteiger partial charge >= 0.3 is 0 Å². The molecule has 5 nitrogen and oxygen atoms in total. The van der Waals surface area contributed by atoms with Gasteiger partial charge in [-0.15, -0.1) is 0 Å². The van der Waals surface area contributed by atoms with Crippen molar-refractivity contribution in [2.24, 2.45) is 0 Å². The maximum atomic E-state index is 13.2. The Bertz CT molecular complexity index is 1130. The van der Waals surface area contributed by atoms with Crippen molar-refractivity contribution in [3.05, 3.63) is 75.8 Å². The van der Waals surface area contributed by atoms with Gasteiger partial charge in [0.2, 0.25) is 5.91 Å². The Morgan fingerprint density at radius 1 is 1.08 bits per heavy atom. The van der Waals surface area contributed by atoms with E-state index in [0.29, 0.717) is 23.3 Å². The summed E-state index contributed by atoms with van der Waals surface area (Å²) < 4.78 is 1.60. The van der Waals surface area contributed by atoms with Crippen molar-refractivity contribution in [1.29, 1.82) is 0 Å². The molecule has 0 bridgehead atoms. The van der Waals surface area contributed by atoms with E-state index < -0.39 is 11.6 Å². The fourth-order valence-corrected chi connectivity index (χ4v) is 4.57. The highest BCUT2D eigenvalue weighted by molar-refractivity contribution is 5.85. The standard InChI is InChI=1S/C21H19N3O2/c1-13-18(25)23-12-11-14-7-3-5-9-16(14)21(23,2)20-22-17-10-6-4-8-15(17)19(26)24(13)20/h3-10,13H,11-12H2,1-2H3/t13-,21+/m0/s1. The molecule has 0 fully saturated rings. The number of benzene rings is 2. The van der Waals surface area contributed by atoms with E-state index >= 15 is 0 Å². The Hall–Kier alpha value is -2.95. The molecule has 130 valence electrons. The Morgan fingerprint density at radius 3 is 2.65 bits per heavy atom. The van der Waals surface area contributed by atoms with Crippen LogP contribution in [0.3, 0.4) is 0 Å². The number of amides is 1. The molecule has 2 aromatic carbocycles. The number of para-hydroxylation sites is 1. The summed E-state index contributed by atoms with van der Waals surface area (Å²) in [6.07, 6.45) is 0.821. The van der Waals surface area contributed by atoms with Crippen molar-refractivity contribution >= 4 is 16.8 Å². The van der Waals surface area contributed by atoms with E-state index in [1.807, 2.05) is 42.2 Å². The van der Waals surface area contributed by atoms with Crippen LogP contribution >= 0.6 is 0 Å². The molecule has 0 aliphatic carbocycles. The number of aromatic nitrogens is 2. The fraction of sp³-hybridized carbons (Fsp3) is 0.286. The second-order valence-electron chi connectivity index (χ2n) is 7.27. The van der Waals surface area contributed by atoms with Gasteiger partial charge in [0.25, 0.3) is 5.56 Å². The van der Waals surface area contributed by atoms with Gasteiger partial charge < -0.3 is 4.90 Å². The van der Waals surface area contributed by atoms with Gasteiger partial charge in [0, 0.05) is 6.54 Å². The highest BCUT2D eigenvalue weighted by Crippen LogP contribution is 2.44. The van der Waals surface area contributed by atoms with Crippen molar-refractivity contribution < 1.29 is 4.79 Å². The lowest BCUT2D eigenvalue weighted by Gasteiger charge is -2.50. The Kier molecular flexibility index (Phi) is 2.97. The number of fused-ring (bicyclic) bond motifs is 6. The molecule has 1 amide bonds. The largest absolute Gasteiger partial charge is 0.324 e. The van der Waals surface area contributed by atoms with E-state index in [0.717, 1.165) is 12.0 Å². The maximum absolute atomic E-state index is 13.2. The lowest BCUT2D eigenvalue weighted by Crippen LogP contribution is -2.61. The monoisotopic (exact) mass is 345 g/mol. The topological polar surface area (TPSA) is 55.2 Å². The molecule has 0 radical (unpaired) electrons. The number of carbonyl (C=O) groups is 1. The zero-order valence-electron chi connectivity index (χ0n) is 14.8. The second kappa shape index (κ2) is 5.04. The quantitative estimate of drug-likeness (QED) is 0.629. The van der Waals surface area contributed by atoms with Gasteiger partial charge in [-0.05, 0) is 43.5 Å². The van der Waals surface area contributed by atoms with Crippen molar-refractivity contribution in [3.63, 3.8) is 0 Å². The van der Waals surface area contributed by atoms with Crippen molar-refractivity contribution in [2.45, 2.75) is 31.8 Å². The smallest absolute Gasteiger partial charge is 0.262 e. The molecule has 5 heteroatoms. The van der Waals surface area contributed by atoms with E-state index in [1.54, 1.807) is 17.6 Å². The average molecular weight is 345 g/mol. The third-order valence-corrected chi connectivity index (χ3v) is 5.94. The summed E-state index contributed by atoms with van der Waals surface area (Å²) in [5, 5.41) is 0.553. The highest BCUT2D eigenvalue weighted by Gasteiger charge is 2.51. The van der Waals surface area contributed by atoms with E-state index in [9.17, 15) is 9.59 Å². The first kappa shape index (κ1) is 15.3. The summed E-state index contributed by atoms with van der Waals surface area (Å²) in [4.78, 5) is 33.2. The lowest BCUT2D eigenvalue weighted by atomic mass is 9.79. The van der Waals surface area contributed by atoms with Crippen LogP contribution in [0.4, 0.5) is 0 Å². The molecule has 2 atom stereocenters. The van der Waals surface area contributed by atoms with Crippen LogP contribution in [0.25, 0.3) is 10.9 Å². The van der Waals surface area contributed by atoms with Crippen LogP contribution in [-0.2, 0) is 16.8 Å². The Morgan fingerprint density at radius 2 is 1.81 bits per heavy atom. The van der Waals surface area contributed by atoms with Crippen molar-refractivity contribution in [1.82, 2.24) is 14.5 Å². The summed E-state index contributed by atoms with van der Waals surface area (Å²) in [6, 6.07) is 15.0. The van der Waals surface area contributed by atoms with E-state index in [-0.39, 0.29) is 11.5 Å². The van der Waals surface area contributed by atoms with Crippen LogP contribution in [-0.4, -0.2) is 26.9 Å². The van der Waals surface area contributed by atoms with Gasteiger partial charge in [0.15, 0.2) is 0 Å². The van der Waals surface area contributed by atoms with Gasteiger partial charge in [0.1, 0.15) is 17.4 Å². The zero-order valence-corrected chi connectivity index (χ0v) is 14.8. The third-order valence-electron chi connectivity index (χ3n) is 5.94. The summed E-state index contributed by atoms with van der Waals surface area (Å²) in [7, 11) is 0. The summed E-state index contributed by atoms with van der Waals surface area (Å²) in [6.45, 7) is 4.45. The predicted molar refractivity (Wildman–Crippen MR) is 99.0 cm³/mol. The minimum atomic E-state index is -0.734. The SMILES string of the molecule is C[C@H]1C(=O)N2CCc3ccccc3[C@]2(C)c2nc3ccccc3c(=O)n21. The number of hydrogen-bond donors (Lipinski definition) is 0. The van der Waals surface area contributed by atoms with Crippen LogP contribution in [0, 0.1) is 0 Å². The van der Waals surface area contributed by atoms with Gasteiger partial charge in [-0.25, -0.2) is 4.98 Å². The average Bonchev–Trinajstić information content (AvgIpc) is 2.66.